The Morgan fingerprint density at radius 3 is 2.73 bits per heavy atom. The number of hydrogen-bond donors (Lipinski definition) is 2. The van der Waals surface area contributed by atoms with Gasteiger partial charge in [0.15, 0.2) is 11.2 Å². The second-order valence-corrected chi connectivity index (χ2v) is 8.84. The van der Waals surface area contributed by atoms with Crippen LogP contribution in [0.15, 0.2) is 41.1 Å². The maximum absolute atomic E-state index is 12.2. The maximum atomic E-state index is 12.2. The van der Waals surface area contributed by atoms with E-state index in [0.717, 1.165) is 29.4 Å². The number of rotatable bonds is 6. The number of ether oxygens (including phenoxy) is 2. The summed E-state index contributed by atoms with van der Waals surface area (Å²) in [5.41, 5.74) is 1.74. The summed E-state index contributed by atoms with van der Waals surface area (Å²) in [6.45, 7) is 3.15. The lowest BCUT2D eigenvalue weighted by Crippen LogP contribution is -2.51. The molecular weight excluding hydrogens is 422 g/mol. The number of amides is 1. The van der Waals surface area contributed by atoms with Gasteiger partial charge in [-0.25, -0.2) is 15.0 Å². The molecule has 3 aromatic heterocycles. The number of carbonyl (C=O) groups excluding carboxylic acids is 1. The van der Waals surface area contributed by atoms with Crippen molar-refractivity contribution in [2.75, 3.05) is 30.9 Å². The highest BCUT2D eigenvalue weighted by Crippen LogP contribution is 2.36. The molecule has 0 spiro atoms. The highest BCUT2D eigenvalue weighted by molar-refractivity contribution is 6.03. The van der Waals surface area contributed by atoms with Crippen LogP contribution in [0.3, 0.4) is 0 Å². The summed E-state index contributed by atoms with van der Waals surface area (Å²) < 4.78 is 17.4. The molecule has 0 atom stereocenters. The lowest BCUT2D eigenvalue weighted by molar-refractivity contribution is -0.149. The predicted octanol–water partition coefficient (Wildman–Crippen LogP) is 4.00. The molecule has 33 heavy (non-hydrogen) atoms. The smallest absolute Gasteiger partial charge is 0.229 e. The predicted molar refractivity (Wildman–Crippen MR) is 123 cm³/mol. The van der Waals surface area contributed by atoms with Crippen LogP contribution in [0.1, 0.15) is 19.8 Å². The van der Waals surface area contributed by atoms with Gasteiger partial charge in [-0.3, -0.25) is 4.79 Å². The van der Waals surface area contributed by atoms with E-state index in [2.05, 4.69) is 20.6 Å². The van der Waals surface area contributed by atoms with Gasteiger partial charge in [-0.05, 0) is 38.0 Å². The van der Waals surface area contributed by atoms with Crippen molar-refractivity contribution in [2.24, 2.45) is 5.92 Å². The Hall–Kier alpha value is -3.72. The van der Waals surface area contributed by atoms with Crippen molar-refractivity contribution >= 4 is 39.4 Å². The third-order valence-electron chi connectivity index (χ3n) is 5.98. The van der Waals surface area contributed by atoms with Crippen LogP contribution in [0.4, 0.5) is 11.6 Å². The molecule has 2 N–H and O–H groups in total. The molecule has 0 radical (unpaired) electrons. The van der Waals surface area contributed by atoms with Gasteiger partial charge in [-0.2, -0.15) is 0 Å². The van der Waals surface area contributed by atoms with E-state index in [1.165, 1.54) is 0 Å². The fourth-order valence-electron chi connectivity index (χ4n) is 3.97. The molecule has 1 aliphatic carbocycles. The standard InChI is InChI=1S/C24H23N5O4/c1-24(11-31-12-24)33-14-5-6-19-18(7-14)28-23(32-19)17-10-27-21(25-2)16-9-26-20(8-15(16)17)29-22(30)13-3-4-13/h5-10,13H,3-4,11-12H2,1-2H3,(H,25,27)(H,26,29,30). The van der Waals surface area contributed by atoms with Crippen LogP contribution in [-0.2, 0) is 9.53 Å². The molecule has 1 aromatic carbocycles. The van der Waals surface area contributed by atoms with E-state index >= 15 is 0 Å². The molecule has 2 fully saturated rings. The zero-order chi connectivity index (χ0) is 22.6. The summed E-state index contributed by atoms with van der Waals surface area (Å²) in [5.74, 6) is 2.43. The maximum Gasteiger partial charge on any atom is 0.229 e. The van der Waals surface area contributed by atoms with Gasteiger partial charge < -0.3 is 24.5 Å². The third kappa shape index (κ3) is 3.64. The van der Waals surface area contributed by atoms with Crippen molar-refractivity contribution in [3.8, 4) is 17.2 Å². The van der Waals surface area contributed by atoms with Gasteiger partial charge in [-0.1, -0.05) is 0 Å². The number of oxazole rings is 1. The molecule has 0 unspecified atom stereocenters. The second kappa shape index (κ2) is 7.41. The van der Waals surface area contributed by atoms with Gasteiger partial charge >= 0.3 is 0 Å². The number of anilines is 2. The summed E-state index contributed by atoms with van der Waals surface area (Å²) in [4.78, 5) is 25.9. The molecule has 9 nitrogen and oxygen atoms in total. The summed E-state index contributed by atoms with van der Waals surface area (Å²) in [5, 5.41) is 7.64. The van der Waals surface area contributed by atoms with Crippen molar-refractivity contribution < 1.29 is 18.7 Å². The van der Waals surface area contributed by atoms with Crippen LogP contribution in [0.25, 0.3) is 33.3 Å². The SMILES string of the molecule is CNc1ncc(-c2nc3cc(OC4(C)COC4)ccc3o2)c2cc(NC(=O)C3CC3)ncc12. The molecule has 9 heteroatoms. The molecule has 2 aliphatic rings. The first-order valence-electron chi connectivity index (χ1n) is 11.0. The van der Waals surface area contributed by atoms with Crippen molar-refractivity contribution in [2.45, 2.75) is 25.4 Å². The average molecular weight is 445 g/mol. The lowest BCUT2D eigenvalue weighted by atomic mass is 10.1. The molecule has 168 valence electrons. The van der Waals surface area contributed by atoms with Crippen LogP contribution in [0.5, 0.6) is 5.75 Å². The first kappa shape index (κ1) is 19.9. The molecular formula is C24H23N5O4. The first-order valence-corrected chi connectivity index (χ1v) is 11.0. The van der Waals surface area contributed by atoms with Crippen LogP contribution in [0, 0.1) is 5.92 Å². The molecule has 4 aromatic rings. The van der Waals surface area contributed by atoms with Gasteiger partial charge in [0, 0.05) is 42.2 Å². The van der Waals surface area contributed by atoms with Crippen LogP contribution in [-0.4, -0.2) is 46.7 Å². The number of fused-ring (bicyclic) bond motifs is 2. The Morgan fingerprint density at radius 1 is 1.15 bits per heavy atom. The van der Waals surface area contributed by atoms with E-state index < -0.39 is 0 Å². The van der Waals surface area contributed by atoms with E-state index in [0.29, 0.717) is 47.4 Å². The quantitative estimate of drug-likeness (QED) is 0.458. The molecule has 6 rings (SSSR count). The normalized spacial score (nSPS) is 17.0. The number of carbonyl (C=O) groups is 1. The molecule has 1 amide bonds. The molecule has 1 aliphatic heterocycles. The second-order valence-electron chi connectivity index (χ2n) is 8.84. The number of pyridine rings is 2. The highest BCUT2D eigenvalue weighted by Gasteiger charge is 2.36. The number of hydrogen-bond acceptors (Lipinski definition) is 8. The van der Waals surface area contributed by atoms with E-state index in [4.69, 9.17) is 18.9 Å². The summed E-state index contributed by atoms with van der Waals surface area (Å²) >= 11 is 0. The minimum Gasteiger partial charge on any atom is -0.483 e. The number of nitrogens with zero attached hydrogens (tertiary/aromatic N) is 3. The van der Waals surface area contributed by atoms with Gasteiger partial charge in [0.25, 0.3) is 0 Å². The topological polar surface area (TPSA) is 111 Å². The van der Waals surface area contributed by atoms with E-state index in [9.17, 15) is 4.79 Å². The Morgan fingerprint density at radius 2 is 2.00 bits per heavy atom. The van der Waals surface area contributed by atoms with E-state index in [-0.39, 0.29) is 17.4 Å². The number of nitrogens with one attached hydrogen (secondary N) is 2. The third-order valence-corrected chi connectivity index (χ3v) is 5.98. The Balaban J connectivity index is 1.40. The number of aromatic nitrogens is 3. The zero-order valence-electron chi connectivity index (χ0n) is 18.3. The van der Waals surface area contributed by atoms with E-state index in [1.807, 2.05) is 31.2 Å². The van der Waals surface area contributed by atoms with Gasteiger partial charge in [0.1, 0.15) is 22.9 Å². The van der Waals surface area contributed by atoms with Gasteiger partial charge in [0.05, 0.1) is 18.8 Å². The van der Waals surface area contributed by atoms with Crippen molar-refractivity contribution in [1.29, 1.82) is 0 Å². The molecule has 1 saturated carbocycles. The van der Waals surface area contributed by atoms with E-state index in [1.54, 1.807) is 19.4 Å². The Labute approximate surface area is 189 Å². The fraction of sp³-hybridized carbons (Fsp3) is 0.333. The zero-order valence-corrected chi connectivity index (χ0v) is 18.3. The minimum absolute atomic E-state index is 0.00578. The van der Waals surface area contributed by atoms with Gasteiger partial charge in [0.2, 0.25) is 11.8 Å². The summed E-state index contributed by atoms with van der Waals surface area (Å²) in [7, 11) is 1.80. The molecule has 1 saturated heterocycles. The average Bonchev–Trinajstić information content (AvgIpc) is 3.57. The van der Waals surface area contributed by atoms with Crippen LogP contribution < -0.4 is 15.4 Å². The number of benzene rings is 1. The Bertz CT molecular complexity index is 1390. The van der Waals surface area contributed by atoms with Crippen molar-refractivity contribution in [3.05, 3.63) is 36.7 Å². The largest absolute Gasteiger partial charge is 0.483 e. The van der Waals surface area contributed by atoms with Crippen molar-refractivity contribution in [3.63, 3.8) is 0 Å². The summed E-state index contributed by atoms with van der Waals surface area (Å²) in [6.07, 6.45) is 5.28. The first-order chi connectivity index (χ1) is 16.0. The fourth-order valence-corrected chi connectivity index (χ4v) is 3.97. The van der Waals surface area contributed by atoms with Gasteiger partial charge in [-0.15, -0.1) is 0 Å². The molecule has 0 bridgehead atoms. The highest BCUT2D eigenvalue weighted by atomic mass is 16.6. The molecule has 4 heterocycles. The summed E-state index contributed by atoms with van der Waals surface area (Å²) in [6, 6.07) is 7.43. The monoisotopic (exact) mass is 445 g/mol. The lowest BCUT2D eigenvalue weighted by Gasteiger charge is -2.38. The Kier molecular flexibility index (Phi) is 4.48. The minimum atomic E-state index is -0.308. The van der Waals surface area contributed by atoms with Crippen molar-refractivity contribution in [1.82, 2.24) is 15.0 Å². The van der Waals surface area contributed by atoms with Crippen LogP contribution >= 0.6 is 0 Å². The van der Waals surface area contributed by atoms with Crippen LogP contribution in [0.2, 0.25) is 0 Å².